The fraction of sp³-hybridized carbons (Fsp3) is 0.368. The van der Waals surface area contributed by atoms with Gasteiger partial charge >= 0.3 is 0 Å². The van der Waals surface area contributed by atoms with Gasteiger partial charge in [0.15, 0.2) is 0 Å². The largest absolute Gasteiger partial charge is 0.341 e. The summed E-state index contributed by atoms with van der Waals surface area (Å²) in [5.74, 6) is 1.09. The molecule has 2 atom stereocenters. The van der Waals surface area contributed by atoms with Crippen molar-refractivity contribution in [3.05, 3.63) is 66.0 Å². The Morgan fingerprint density at radius 1 is 1.04 bits per heavy atom. The monoisotopic (exact) mass is 307 g/mol. The van der Waals surface area contributed by atoms with Crippen LogP contribution >= 0.6 is 0 Å². The summed E-state index contributed by atoms with van der Waals surface area (Å²) in [6.45, 7) is 3.32. The van der Waals surface area contributed by atoms with E-state index in [9.17, 15) is 4.79 Å². The van der Waals surface area contributed by atoms with Crippen molar-refractivity contribution in [2.24, 2.45) is 5.92 Å². The molecular weight excluding hydrogens is 286 g/mol. The summed E-state index contributed by atoms with van der Waals surface area (Å²) in [4.78, 5) is 19.0. The highest BCUT2D eigenvalue weighted by atomic mass is 16.2. The first-order valence-corrected chi connectivity index (χ1v) is 8.27. The molecule has 0 aliphatic carbocycles. The molecular formula is C19H21N3O. The molecule has 0 spiro atoms. The predicted molar refractivity (Wildman–Crippen MR) is 89.1 cm³/mol. The average Bonchev–Trinajstić information content (AvgIpc) is 3.05. The quantitative estimate of drug-likeness (QED) is 0.943. The first-order valence-electron chi connectivity index (χ1n) is 8.27. The highest BCUT2D eigenvalue weighted by molar-refractivity contribution is 5.81. The van der Waals surface area contributed by atoms with E-state index in [1.165, 1.54) is 11.1 Å². The zero-order valence-electron chi connectivity index (χ0n) is 13.1. The number of nitrogens with zero attached hydrogens (tertiary/aromatic N) is 2. The number of likely N-dealkylation sites (tertiary alicyclic amines) is 1. The van der Waals surface area contributed by atoms with Gasteiger partial charge in [0.2, 0.25) is 5.91 Å². The number of benzene rings is 1. The van der Waals surface area contributed by atoms with Gasteiger partial charge < -0.3 is 10.2 Å². The van der Waals surface area contributed by atoms with Crippen LogP contribution in [0.2, 0.25) is 0 Å². The van der Waals surface area contributed by atoms with Gasteiger partial charge in [-0.3, -0.25) is 9.78 Å². The van der Waals surface area contributed by atoms with E-state index in [-0.39, 0.29) is 5.92 Å². The SMILES string of the molecule is O=C([C@@H]1CNC[C@H]1c1ccccc1)N1CC(c2cccnc2)C1. The Bertz CT molecular complexity index is 668. The summed E-state index contributed by atoms with van der Waals surface area (Å²) in [5.41, 5.74) is 2.50. The molecule has 1 N–H and O–H groups in total. The van der Waals surface area contributed by atoms with Crippen molar-refractivity contribution >= 4 is 5.91 Å². The van der Waals surface area contributed by atoms with Gasteiger partial charge in [-0.05, 0) is 17.2 Å². The smallest absolute Gasteiger partial charge is 0.227 e. The summed E-state index contributed by atoms with van der Waals surface area (Å²) in [6.07, 6.45) is 3.70. The first kappa shape index (κ1) is 14.4. The van der Waals surface area contributed by atoms with E-state index in [0.29, 0.717) is 17.7 Å². The summed E-state index contributed by atoms with van der Waals surface area (Å²) < 4.78 is 0. The van der Waals surface area contributed by atoms with E-state index < -0.39 is 0 Å². The van der Waals surface area contributed by atoms with Crippen molar-refractivity contribution < 1.29 is 4.79 Å². The third kappa shape index (κ3) is 2.75. The normalized spacial score (nSPS) is 24.4. The molecule has 0 radical (unpaired) electrons. The fourth-order valence-corrected chi connectivity index (χ4v) is 3.71. The molecule has 0 unspecified atom stereocenters. The maximum absolute atomic E-state index is 12.9. The van der Waals surface area contributed by atoms with Crippen LogP contribution in [0.15, 0.2) is 54.9 Å². The molecule has 118 valence electrons. The van der Waals surface area contributed by atoms with E-state index in [1.807, 2.05) is 23.2 Å². The molecule has 23 heavy (non-hydrogen) atoms. The van der Waals surface area contributed by atoms with Crippen molar-refractivity contribution in [3.8, 4) is 0 Å². The number of nitrogens with one attached hydrogen (secondary N) is 1. The Hall–Kier alpha value is -2.20. The number of hydrogen-bond acceptors (Lipinski definition) is 3. The van der Waals surface area contributed by atoms with Crippen LogP contribution in [-0.4, -0.2) is 42.0 Å². The minimum Gasteiger partial charge on any atom is -0.341 e. The number of pyridine rings is 1. The second-order valence-electron chi connectivity index (χ2n) is 6.51. The molecule has 2 saturated heterocycles. The van der Waals surface area contributed by atoms with Gasteiger partial charge in [0.1, 0.15) is 0 Å². The maximum Gasteiger partial charge on any atom is 0.227 e. The van der Waals surface area contributed by atoms with Crippen LogP contribution in [0, 0.1) is 5.92 Å². The number of hydrogen-bond donors (Lipinski definition) is 1. The zero-order valence-corrected chi connectivity index (χ0v) is 13.1. The third-order valence-corrected chi connectivity index (χ3v) is 5.11. The molecule has 2 aromatic rings. The minimum absolute atomic E-state index is 0.0623. The molecule has 0 bridgehead atoms. The minimum atomic E-state index is 0.0623. The summed E-state index contributed by atoms with van der Waals surface area (Å²) >= 11 is 0. The van der Waals surface area contributed by atoms with E-state index >= 15 is 0 Å². The van der Waals surface area contributed by atoms with Crippen LogP contribution in [0.1, 0.15) is 23.0 Å². The topological polar surface area (TPSA) is 45.2 Å². The van der Waals surface area contributed by atoms with Crippen LogP contribution < -0.4 is 5.32 Å². The molecule has 1 aromatic carbocycles. The fourth-order valence-electron chi connectivity index (χ4n) is 3.71. The van der Waals surface area contributed by atoms with Gasteiger partial charge in [-0.2, -0.15) is 0 Å². The number of carbonyl (C=O) groups excluding carboxylic acids is 1. The van der Waals surface area contributed by atoms with E-state index in [1.54, 1.807) is 6.20 Å². The molecule has 2 aliphatic rings. The molecule has 0 saturated carbocycles. The van der Waals surface area contributed by atoms with E-state index in [2.05, 4.69) is 40.6 Å². The van der Waals surface area contributed by atoms with Gasteiger partial charge in [0, 0.05) is 50.4 Å². The lowest BCUT2D eigenvalue weighted by molar-refractivity contribution is -0.139. The van der Waals surface area contributed by atoms with Gasteiger partial charge in [0.05, 0.1) is 5.92 Å². The van der Waals surface area contributed by atoms with E-state index in [0.717, 1.165) is 26.2 Å². The molecule has 1 amide bonds. The number of carbonyl (C=O) groups is 1. The lowest BCUT2D eigenvalue weighted by Crippen LogP contribution is -2.51. The standard InChI is InChI=1S/C19H21N3O/c23-19(22-12-16(13-22)15-7-4-8-20-9-15)18-11-21-10-17(18)14-5-2-1-3-6-14/h1-9,16-18,21H,10-13H2/t17-,18+/m0/s1. The molecule has 1 aromatic heterocycles. The lowest BCUT2D eigenvalue weighted by atomic mass is 9.85. The molecule has 3 heterocycles. The van der Waals surface area contributed by atoms with Crippen LogP contribution in [0.5, 0.6) is 0 Å². The van der Waals surface area contributed by atoms with Crippen molar-refractivity contribution in [2.45, 2.75) is 11.8 Å². The molecule has 4 heteroatoms. The average molecular weight is 307 g/mol. The van der Waals surface area contributed by atoms with Gasteiger partial charge in [-0.1, -0.05) is 36.4 Å². The summed E-state index contributed by atoms with van der Waals surface area (Å²) in [5, 5.41) is 3.39. The van der Waals surface area contributed by atoms with Crippen LogP contribution in [0.4, 0.5) is 0 Å². The second kappa shape index (κ2) is 6.13. The van der Waals surface area contributed by atoms with Crippen LogP contribution in [-0.2, 0) is 4.79 Å². The highest BCUT2D eigenvalue weighted by Gasteiger charge is 2.40. The molecule has 4 rings (SSSR count). The van der Waals surface area contributed by atoms with E-state index in [4.69, 9.17) is 0 Å². The van der Waals surface area contributed by atoms with Crippen LogP contribution in [0.3, 0.4) is 0 Å². The first-order chi connectivity index (χ1) is 11.3. The van der Waals surface area contributed by atoms with Crippen LogP contribution in [0.25, 0.3) is 0 Å². The van der Waals surface area contributed by atoms with Crippen molar-refractivity contribution in [3.63, 3.8) is 0 Å². The van der Waals surface area contributed by atoms with Crippen molar-refractivity contribution in [1.82, 2.24) is 15.2 Å². The highest BCUT2D eigenvalue weighted by Crippen LogP contribution is 2.33. The van der Waals surface area contributed by atoms with Gasteiger partial charge in [0.25, 0.3) is 0 Å². The predicted octanol–water partition coefficient (Wildman–Crippen LogP) is 2.01. The molecule has 2 fully saturated rings. The third-order valence-electron chi connectivity index (χ3n) is 5.11. The second-order valence-corrected chi connectivity index (χ2v) is 6.51. The zero-order chi connectivity index (χ0) is 15.6. The van der Waals surface area contributed by atoms with Crippen molar-refractivity contribution in [2.75, 3.05) is 26.2 Å². The summed E-state index contributed by atoms with van der Waals surface area (Å²) in [7, 11) is 0. The number of aromatic nitrogens is 1. The Balaban J connectivity index is 1.42. The molecule has 4 nitrogen and oxygen atoms in total. The van der Waals surface area contributed by atoms with Gasteiger partial charge in [-0.25, -0.2) is 0 Å². The maximum atomic E-state index is 12.9. The van der Waals surface area contributed by atoms with Gasteiger partial charge in [-0.15, -0.1) is 0 Å². The Kier molecular flexibility index (Phi) is 3.83. The molecule has 2 aliphatic heterocycles. The number of rotatable bonds is 3. The summed E-state index contributed by atoms with van der Waals surface area (Å²) in [6, 6.07) is 14.5. The Labute approximate surface area is 136 Å². The number of amides is 1. The Morgan fingerprint density at radius 3 is 2.57 bits per heavy atom. The lowest BCUT2D eigenvalue weighted by Gasteiger charge is -2.41. The Morgan fingerprint density at radius 2 is 1.83 bits per heavy atom. The van der Waals surface area contributed by atoms with Crippen molar-refractivity contribution in [1.29, 1.82) is 0 Å².